The highest BCUT2D eigenvalue weighted by atomic mass is 16.2. The van der Waals surface area contributed by atoms with Gasteiger partial charge in [0.1, 0.15) is 6.04 Å². The number of nitrogens with two attached hydrogens (primary N) is 1. The van der Waals surface area contributed by atoms with Crippen molar-refractivity contribution in [2.24, 2.45) is 11.7 Å². The third-order valence-corrected chi connectivity index (χ3v) is 2.45. The Morgan fingerprint density at radius 2 is 2.11 bits per heavy atom. The fraction of sp³-hybridized carbons (Fsp3) is 0.462. The van der Waals surface area contributed by atoms with Gasteiger partial charge in [0.25, 0.3) is 0 Å². The molecule has 18 heavy (non-hydrogen) atoms. The number of hydrogen-bond acceptors (Lipinski definition) is 3. The van der Waals surface area contributed by atoms with Crippen LogP contribution in [-0.4, -0.2) is 22.8 Å². The predicted molar refractivity (Wildman–Crippen MR) is 68.5 cm³/mol. The maximum absolute atomic E-state index is 11.7. The average Bonchev–Trinajstić information content (AvgIpc) is 2.28. The van der Waals surface area contributed by atoms with Crippen molar-refractivity contribution in [1.29, 1.82) is 0 Å². The lowest BCUT2D eigenvalue weighted by atomic mass is 10.0. The van der Waals surface area contributed by atoms with E-state index >= 15 is 0 Å². The lowest BCUT2D eigenvalue weighted by Gasteiger charge is -2.17. The number of primary amides is 1. The molecule has 98 valence electrons. The maximum atomic E-state index is 11.7. The van der Waals surface area contributed by atoms with Crippen LogP contribution in [-0.2, 0) is 16.0 Å². The van der Waals surface area contributed by atoms with Crippen LogP contribution in [0.1, 0.15) is 26.0 Å². The molecule has 0 saturated carbocycles. The summed E-state index contributed by atoms with van der Waals surface area (Å²) < 4.78 is 0. The first kappa shape index (κ1) is 14.2. The third kappa shape index (κ3) is 4.95. The molecule has 0 radical (unpaired) electrons. The van der Waals surface area contributed by atoms with E-state index in [0.717, 1.165) is 0 Å². The van der Waals surface area contributed by atoms with E-state index in [1.807, 2.05) is 19.9 Å². The van der Waals surface area contributed by atoms with Crippen molar-refractivity contribution in [3.8, 4) is 0 Å². The topological polar surface area (TPSA) is 85.1 Å². The summed E-state index contributed by atoms with van der Waals surface area (Å²) in [5, 5.41) is 2.64. The lowest BCUT2D eigenvalue weighted by Crippen LogP contribution is -2.45. The number of nitrogens with zero attached hydrogens (tertiary/aromatic N) is 1. The van der Waals surface area contributed by atoms with Crippen LogP contribution in [0.25, 0.3) is 0 Å². The number of aromatic nitrogens is 1. The number of nitrogens with one attached hydrogen (secondary N) is 1. The Morgan fingerprint density at radius 3 is 2.61 bits per heavy atom. The second-order valence-electron chi connectivity index (χ2n) is 4.65. The van der Waals surface area contributed by atoms with Crippen molar-refractivity contribution in [1.82, 2.24) is 10.3 Å². The summed E-state index contributed by atoms with van der Waals surface area (Å²) in [6.45, 7) is 3.95. The molecule has 0 spiro atoms. The zero-order valence-corrected chi connectivity index (χ0v) is 10.7. The Morgan fingerprint density at radius 1 is 1.39 bits per heavy atom. The van der Waals surface area contributed by atoms with Gasteiger partial charge in [0.05, 0.1) is 6.42 Å². The van der Waals surface area contributed by atoms with Gasteiger partial charge < -0.3 is 11.1 Å². The SMILES string of the molecule is CC(C)C[C@H](NC(=O)Cc1ccccn1)C(N)=O. The summed E-state index contributed by atoms with van der Waals surface area (Å²) in [7, 11) is 0. The van der Waals surface area contributed by atoms with Crippen LogP contribution in [0.2, 0.25) is 0 Å². The highest BCUT2D eigenvalue weighted by Gasteiger charge is 2.19. The summed E-state index contributed by atoms with van der Waals surface area (Å²) in [6.07, 6.45) is 2.33. The minimum Gasteiger partial charge on any atom is -0.368 e. The molecule has 0 aromatic carbocycles. The molecular weight excluding hydrogens is 230 g/mol. The van der Waals surface area contributed by atoms with Gasteiger partial charge in [-0.3, -0.25) is 14.6 Å². The predicted octanol–water partition coefficient (Wildman–Crippen LogP) is 0.640. The second-order valence-corrected chi connectivity index (χ2v) is 4.65. The highest BCUT2D eigenvalue weighted by Crippen LogP contribution is 2.05. The van der Waals surface area contributed by atoms with E-state index < -0.39 is 11.9 Å². The number of amides is 2. The Balaban J connectivity index is 2.54. The van der Waals surface area contributed by atoms with Gasteiger partial charge >= 0.3 is 0 Å². The number of carbonyl (C=O) groups excluding carboxylic acids is 2. The van der Waals surface area contributed by atoms with Gasteiger partial charge in [0.2, 0.25) is 11.8 Å². The molecule has 0 saturated heterocycles. The lowest BCUT2D eigenvalue weighted by molar-refractivity contribution is -0.127. The van der Waals surface area contributed by atoms with E-state index in [4.69, 9.17) is 5.73 Å². The molecule has 0 aliphatic rings. The van der Waals surface area contributed by atoms with Crippen LogP contribution < -0.4 is 11.1 Å². The van der Waals surface area contributed by atoms with Crippen LogP contribution in [0.3, 0.4) is 0 Å². The van der Waals surface area contributed by atoms with Gasteiger partial charge in [-0.15, -0.1) is 0 Å². The summed E-state index contributed by atoms with van der Waals surface area (Å²) in [5.41, 5.74) is 5.93. The zero-order chi connectivity index (χ0) is 13.5. The van der Waals surface area contributed by atoms with E-state index in [0.29, 0.717) is 12.1 Å². The minimum atomic E-state index is -0.610. The van der Waals surface area contributed by atoms with E-state index in [-0.39, 0.29) is 18.2 Å². The number of hydrogen-bond donors (Lipinski definition) is 2. The largest absolute Gasteiger partial charge is 0.368 e. The normalized spacial score (nSPS) is 12.2. The van der Waals surface area contributed by atoms with Crippen LogP contribution in [0.15, 0.2) is 24.4 Å². The first-order valence-electron chi connectivity index (χ1n) is 5.97. The maximum Gasteiger partial charge on any atom is 0.240 e. The minimum absolute atomic E-state index is 0.155. The van der Waals surface area contributed by atoms with Gasteiger partial charge in [-0.2, -0.15) is 0 Å². The van der Waals surface area contributed by atoms with Crippen molar-refractivity contribution in [2.75, 3.05) is 0 Å². The van der Waals surface area contributed by atoms with Crippen molar-refractivity contribution >= 4 is 11.8 Å². The smallest absolute Gasteiger partial charge is 0.240 e. The molecule has 0 bridgehead atoms. The van der Waals surface area contributed by atoms with Crippen LogP contribution >= 0.6 is 0 Å². The quantitative estimate of drug-likeness (QED) is 0.775. The monoisotopic (exact) mass is 249 g/mol. The second kappa shape index (κ2) is 6.74. The van der Waals surface area contributed by atoms with E-state index in [2.05, 4.69) is 10.3 Å². The summed E-state index contributed by atoms with van der Waals surface area (Å²) in [4.78, 5) is 27.0. The Bertz CT molecular complexity index is 404. The summed E-state index contributed by atoms with van der Waals surface area (Å²) in [6, 6.07) is 4.75. The van der Waals surface area contributed by atoms with Crippen molar-refractivity contribution in [3.63, 3.8) is 0 Å². The fourth-order valence-corrected chi connectivity index (χ4v) is 1.63. The van der Waals surface area contributed by atoms with E-state index in [9.17, 15) is 9.59 Å². The van der Waals surface area contributed by atoms with Gasteiger partial charge in [0.15, 0.2) is 0 Å². The zero-order valence-electron chi connectivity index (χ0n) is 10.7. The first-order valence-corrected chi connectivity index (χ1v) is 5.97. The first-order chi connectivity index (χ1) is 8.49. The van der Waals surface area contributed by atoms with Crippen LogP contribution in [0, 0.1) is 5.92 Å². The molecule has 0 aliphatic carbocycles. The number of pyridine rings is 1. The Labute approximate surface area is 107 Å². The molecule has 1 aromatic heterocycles. The molecule has 1 rings (SSSR count). The molecule has 2 amide bonds. The third-order valence-electron chi connectivity index (χ3n) is 2.45. The standard InChI is InChI=1S/C13H19N3O2/c1-9(2)7-11(13(14)18)16-12(17)8-10-5-3-4-6-15-10/h3-6,9,11H,7-8H2,1-2H3,(H2,14,18)(H,16,17)/t11-/m0/s1. The molecule has 1 aromatic rings. The molecule has 5 nitrogen and oxygen atoms in total. The average molecular weight is 249 g/mol. The van der Waals surface area contributed by atoms with Crippen molar-refractivity contribution < 1.29 is 9.59 Å². The molecule has 0 aliphatic heterocycles. The highest BCUT2D eigenvalue weighted by molar-refractivity contribution is 5.87. The summed E-state index contributed by atoms with van der Waals surface area (Å²) >= 11 is 0. The Hall–Kier alpha value is -1.91. The molecule has 3 N–H and O–H groups in total. The van der Waals surface area contributed by atoms with Gasteiger partial charge in [-0.05, 0) is 24.5 Å². The molecule has 0 fully saturated rings. The van der Waals surface area contributed by atoms with Crippen LogP contribution in [0.5, 0.6) is 0 Å². The number of rotatable bonds is 6. The van der Waals surface area contributed by atoms with Gasteiger partial charge in [-0.1, -0.05) is 19.9 Å². The van der Waals surface area contributed by atoms with Gasteiger partial charge in [0, 0.05) is 11.9 Å². The van der Waals surface area contributed by atoms with Crippen LogP contribution in [0.4, 0.5) is 0 Å². The molecule has 1 atom stereocenters. The van der Waals surface area contributed by atoms with E-state index in [1.54, 1.807) is 18.3 Å². The fourth-order valence-electron chi connectivity index (χ4n) is 1.63. The van der Waals surface area contributed by atoms with Gasteiger partial charge in [-0.25, -0.2) is 0 Å². The van der Waals surface area contributed by atoms with Crippen molar-refractivity contribution in [3.05, 3.63) is 30.1 Å². The van der Waals surface area contributed by atoms with E-state index in [1.165, 1.54) is 0 Å². The Kier molecular flexibility index (Phi) is 5.30. The molecule has 1 heterocycles. The molecule has 5 heteroatoms. The van der Waals surface area contributed by atoms with Crippen molar-refractivity contribution in [2.45, 2.75) is 32.7 Å². The molecular formula is C13H19N3O2. The molecule has 0 unspecified atom stereocenters. The number of carbonyl (C=O) groups is 2. The summed E-state index contributed by atoms with van der Waals surface area (Å²) in [5.74, 6) is -0.450.